The Labute approximate surface area is 95.0 Å². The van der Waals surface area contributed by atoms with E-state index >= 15 is 0 Å². The van der Waals surface area contributed by atoms with Gasteiger partial charge >= 0.3 is 0 Å². The second-order valence-electron chi connectivity index (χ2n) is 3.02. The van der Waals surface area contributed by atoms with E-state index in [9.17, 15) is 4.79 Å². The highest BCUT2D eigenvalue weighted by molar-refractivity contribution is 9.10. The molecule has 0 amide bonds. The predicted octanol–water partition coefficient (Wildman–Crippen LogP) is 2.49. The third-order valence-corrected chi connectivity index (χ3v) is 2.45. The van der Waals surface area contributed by atoms with Gasteiger partial charge in [-0.2, -0.15) is 0 Å². The molecule has 2 heterocycles. The van der Waals surface area contributed by atoms with Crippen molar-refractivity contribution in [1.29, 1.82) is 0 Å². The average Bonchev–Trinajstić information content (AvgIpc) is 2.84. The van der Waals surface area contributed by atoms with Crippen LogP contribution in [0.5, 0.6) is 0 Å². The highest BCUT2D eigenvalue weighted by atomic mass is 79.9. The van der Waals surface area contributed by atoms with Crippen molar-refractivity contribution >= 4 is 21.7 Å². The zero-order valence-electron chi connectivity index (χ0n) is 8.11. The maximum Gasteiger partial charge on any atom is 0.248 e. The molecule has 0 saturated carbocycles. The van der Waals surface area contributed by atoms with Gasteiger partial charge in [0.15, 0.2) is 10.4 Å². The number of imidazole rings is 1. The Morgan fingerprint density at radius 3 is 2.93 bits per heavy atom. The summed E-state index contributed by atoms with van der Waals surface area (Å²) in [5, 5.41) is 0. The molecule has 0 aliphatic carbocycles. The van der Waals surface area contributed by atoms with Crippen LogP contribution in [-0.4, -0.2) is 15.3 Å². The molecule has 2 rings (SSSR count). The first kappa shape index (κ1) is 10.2. The van der Waals surface area contributed by atoms with E-state index in [1.54, 1.807) is 24.7 Å². The van der Waals surface area contributed by atoms with Crippen molar-refractivity contribution < 1.29 is 9.21 Å². The number of rotatable bonds is 3. The van der Waals surface area contributed by atoms with Gasteiger partial charge in [0.25, 0.3) is 0 Å². The molecule has 0 fully saturated rings. The number of carbonyl (C=O) groups is 1. The first-order valence-corrected chi connectivity index (χ1v) is 5.32. The van der Waals surface area contributed by atoms with Crippen molar-refractivity contribution in [3.05, 3.63) is 40.8 Å². The topological polar surface area (TPSA) is 48.0 Å². The third-order valence-electron chi connectivity index (χ3n) is 2.03. The van der Waals surface area contributed by atoms with Gasteiger partial charge in [0.2, 0.25) is 5.78 Å². The van der Waals surface area contributed by atoms with Crippen molar-refractivity contribution in [3.63, 3.8) is 0 Å². The molecule has 0 aromatic carbocycles. The lowest BCUT2D eigenvalue weighted by Crippen LogP contribution is -1.99. The average molecular weight is 269 g/mol. The van der Waals surface area contributed by atoms with Crippen LogP contribution in [0.15, 0.2) is 33.7 Å². The van der Waals surface area contributed by atoms with E-state index in [0.29, 0.717) is 16.1 Å². The third kappa shape index (κ3) is 2.02. The summed E-state index contributed by atoms with van der Waals surface area (Å²) in [5.41, 5.74) is 0.402. The predicted molar refractivity (Wildman–Crippen MR) is 57.7 cm³/mol. The highest BCUT2D eigenvalue weighted by Crippen LogP contribution is 2.16. The van der Waals surface area contributed by atoms with Gasteiger partial charge in [-0.3, -0.25) is 4.79 Å². The fraction of sp³-hybridized carbons (Fsp3) is 0.200. The normalized spacial score (nSPS) is 10.5. The van der Waals surface area contributed by atoms with E-state index in [1.165, 1.54) is 0 Å². The lowest BCUT2D eigenvalue weighted by Gasteiger charge is -1.92. The molecule has 4 nitrogen and oxygen atoms in total. The van der Waals surface area contributed by atoms with E-state index in [1.807, 2.05) is 11.5 Å². The molecule has 2 aromatic heterocycles. The van der Waals surface area contributed by atoms with Gasteiger partial charge in [-0.05, 0) is 35.0 Å². The molecule has 0 radical (unpaired) electrons. The summed E-state index contributed by atoms with van der Waals surface area (Å²) >= 11 is 3.15. The fourth-order valence-corrected chi connectivity index (χ4v) is 1.52. The number of hydrogen-bond acceptors (Lipinski definition) is 3. The quantitative estimate of drug-likeness (QED) is 0.804. The molecular weight excluding hydrogens is 260 g/mol. The van der Waals surface area contributed by atoms with Crippen molar-refractivity contribution in [1.82, 2.24) is 9.55 Å². The standard InChI is InChI=1S/C10H9BrN2O2/c1-2-13-5-7(12-6-13)10(14)8-3-4-9(11)15-8/h3-6H,2H2,1H3. The van der Waals surface area contributed by atoms with Crippen molar-refractivity contribution in [2.45, 2.75) is 13.5 Å². The number of ketones is 1. The molecule has 0 aliphatic heterocycles. The summed E-state index contributed by atoms with van der Waals surface area (Å²) in [4.78, 5) is 15.8. The minimum absolute atomic E-state index is 0.201. The minimum atomic E-state index is -0.201. The monoisotopic (exact) mass is 268 g/mol. The summed E-state index contributed by atoms with van der Waals surface area (Å²) in [5.74, 6) is 0.0936. The van der Waals surface area contributed by atoms with Gasteiger partial charge in [-0.25, -0.2) is 4.98 Å². The number of carbonyl (C=O) groups excluding carboxylic acids is 1. The molecule has 15 heavy (non-hydrogen) atoms. The number of nitrogens with zero attached hydrogens (tertiary/aromatic N) is 2. The fourth-order valence-electron chi connectivity index (χ4n) is 1.21. The van der Waals surface area contributed by atoms with Crippen LogP contribution in [0.2, 0.25) is 0 Å². The molecule has 0 unspecified atom stereocenters. The lowest BCUT2D eigenvalue weighted by atomic mass is 10.2. The van der Waals surface area contributed by atoms with Crippen LogP contribution in [0.4, 0.5) is 0 Å². The van der Waals surface area contributed by atoms with Gasteiger partial charge in [0.1, 0.15) is 5.69 Å². The molecule has 78 valence electrons. The highest BCUT2D eigenvalue weighted by Gasteiger charge is 2.15. The Kier molecular flexibility index (Phi) is 2.73. The molecule has 0 N–H and O–H groups in total. The summed E-state index contributed by atoms with van der Waals surface area (Å²) in [7, 11) is 0. The zero-order chi connectivity index (χ0) is 10.8. The van der Waals surface area contributed by atoms with Crippen LogP contribution in [0, 0.1) is 0 Å². The van der Waals surface area contributed by atoms with Crippen molar-refractivity contribution in [3.8, 4) is 0 Å². The summed E-state index contributed by atoms with van der Waals surface area (Å²) in [6.45, 7) is 2.78. The second kappa shape index (κ2) is 4.02. The molecule has 2 aromatic rings. The van der Waals surface area contributed by atoms with Crippen LogP contribution >= 0.6 is 15.9 Å². The Hall–Kier alpha value is -1.36. The van der Waals surface area contributed by atoms with Crippen LogP contribution in [-0.2, 0) is 6.54 Å². The van der Waals surface area contributed by atoms with E-state index < -0.39 is 0 Å². The van der Waals surface area contributed by atoms with Crippen molar-refractivity contribution in [2.75, 3.05) is 0 Å². The van der Waals surface area contributed by atoms with Gasteiger partial charge < -0.3 is 8.98 Å². The Morgan fingerprint density at radius 1 is 1.60 bits per heavy atom. The van der Waals surface area contributed by atoms with Gasteiger partial charge in [0, 0.05) is 12.7 Å². The lowest BCUT2D eigenvalue weighted by molar-refractivity contribution is 0.100. The maximum absolute atomic E-state index is 11.8. The van der Waals surface area contributed by atoms with Crippen LogP contribution in [0.3, 0.4) is 0 Å². The van der Waals surface area contributed by atoms with E-state index in [2.05, 4.69) is 20.9 Å². The zero-order valence-corrected chi connectivity index (χ0v) is 9.69. The molecule has 5 heteroatoms. The van der Waals surface area contributed by atoms with E-state index in [0.717, 1.165) is 6.54 Å². The second-order valence-corrected chi connectivity index (χ2v) is 3.80. The molecular formula is C10H9BrN2O2. The largest absolute Gasteiger partial charge is 0.446 e. The Morgan fingerprint density at radius 2 is 2.40 bits per heavy atom. The van der Waals surface area contributed by atoms with E-state index in [4.69, 9.17) is 4.42 Å². The molecule has 0 atom stereocenters. The Bertz CT molecular complexity index is 487. The van der Waals surface area contributed by atoms with Gasteiger partial charge in [0.05, 0.1) is 6.33 Å². The maximum atomic E-state index is 11.8. The summed E-state index contributed by atoms with van der Waals surface area (Å²) in [6.07, 6.45) is 3.34. The number of aromatic nitrogens is 2. The number of furan rings is 1. The molecule has 0 spiro atoms. The van der Waals surface area contributed by atoms with E-state index in [-0.39, 0.29) is 5.78 Å². The van der Waals surface area contributed by atoms with Gasteiger partial charge in [-0.1, -0.05) is 0 Å². The molecule has 0 bridgehead atoms. The smallest absolute Gasteiger partial charge is 0.248 e. The van der Waals surface area contributed by atoms with Crippen LogP contribution in [0.1, 0.15) is 23.2 Å². The summed E-state index contributed by atoms with van der Waals surface area (Å²) < 4.78 is 7.54. The molecule has 0 aliphatic rings. The summed E-state index contributed by atoms with van der Waals surface area (Å²) in [6, 6.07) is 3.31. The Balaban J connectivity index is 2.28. The number of hydrogen-bond donors (Lipinski definition) is 0. The minimum Gasteiger partial charge on any atom is -0.446 e. The van der Waals surface area contributed by atoms with Crippen LogP contribution < -0.4 is 0 Å². The van der Waals surface area contributed by atoms with Crippen molar-refractivity contribution in [2.24, 2.45) is 0 Å². The number of aryl methyl sites for hydroxylation is 1. The SMILES string of the molecule is CCn1cnc(C(=O)c2ccc(Br)o2)c1. The van der Waals surface area contributed by atoms with Gasteiger partial charge in [-0.15, -0.1) is 0 Å². The first-order valence-electron chi connectivity index (χ1n) is 4.52. The number of halogens is 1. The van der Waals surface area contributed by atoms with Crippen LogP contribution in [0.25, 0.3) is 0 Å². The molecule has 0 saturated heterocycles. The first-order chi connectivity index (χ1) is 7.20.